The van der Waals surface area contributed by atoms with E-state index in [9.17, 15) is 18.0 Å². The number of halogens is 3. The molecule has 3 unspecified atom stereocenters. The average Bonchev–Trinajstić information content (AvgIpc) is 2.43. The minimum atomic E-state index is -4.48. The van der Waals surface area contributed by atoms with Crippen LogP contribution in [0.5, 0.6) is 0 Å². The quantitative estimate of drug-likeness (QED) is 0.849. The Labute approximate surface area is 122 Å². The molecule has 3 nitrogen and oxygen atoms in total. The van der Waals surface area contributed by atoms with E-state index in [-0.39, 0.29) is 24.1 Å². The number of carbonyl (C=O) groups excluding carboxylic acids is 1. The first-order valence-electron chi connectivity index (χ1n) is 6.77. The van der Waals surface area contributed by atoms with Crippen molar-refractivity contribution in [3.63, 3.8) is 0 Å². The molecule has 0 aliphatic rings. The Hall–Kier alpha value is -1.56. The predicted molar refractivity (Wildman–Crippen MR) is 73.7 cm³/mol. The number of carbonyl (C=O) groups is 1. The zero-order valence-corrected chi connectivity index (χ0v) is 12.0. The number of aliphatic hydroxyl groups is 1. The standard InChI is InChI=1S/C15H20F3NO2/c1-10(9-20)11(2)19-14(21)8-13(15(16,17)18)12-6-4-3-5-7-12/h3-7,10-11,13,20H,8-9H2,1-2H3,(H,19,21). The monoisotopic (exact) mass is 303 g/mol. The molecule has 1 amide bonds. The highest BCUT2D eigenvalue weighted by atomic mass is 19.4. The molecule has 21 heavy (non-hydrogen) atoms. The highest BCUT2D eigenvalue weighted by Gasteiger charge is 2.41. The summed E-state index contributed by atoms with van der Waals surface area (Å²) in [7, 11) is 0. The number of rotatable bonds is 6. The fourth-order valence-electron chi connectivity index (χ4n) is 1.91. The Bertz CT molecular complexity index is 448. The van der Waals surface area contributed by atoms with Crippen LogP contribution in [0.2, 0.25) is 0 Å². The average molecular weight is 303 g/mol. The SMILES string of the molecule is CC(CO)C(C)NC(=O)CC(c1ccccc1)C(F)(F)F. The number of benzene rings is 1. The molecule has 1 rings (SSSR count). The Morgan fingerprint density at radius 1 is 1.24 bits per heavy atom. The Morgan fingerprint density at radius 3 is 2.29 bits per heavy atom. The van der Waals surface area contributed by atoms with Crippen molar-refractivity contribution in [2.75, 3.05) is 6.61 Å². The molecular formula is C15H20F3NO2. The van der Waals surface area contributed by atoms with Crippen LogP contribution < -0.4 is 5.32 Å². The maximum Gasteiger partial charge on any atom is 0.396 e. The molecule has 1 aromatic carbocycles. The summed E-state index contributed by atoms with van der Waals surface area (Å²) in [6.45, 7) is 3.23. The maximum absolute atomic E-state index is 13.1. The number of aliphatic hydroxyl groups excluding tert-OH is 1. The summed E-state index contributed by atoms with van der Waals surface area (Å²) >= 11 is 0. The molecule has 0 aliphatic heterocycles. The summed E-state index contributed by atoms with van der Waals surface area (Å²) in [6.07, 6.45) is -5.14. The normalized spacial score (nSPS) is 16.1. The number of nitrogens with one attached hydrogen (secondary N) is 1. The number of hydrogen-bond donors (Lipinski definition) is 2. The van der Waals surface area contributed by atoms with Crippen LogP contribution in [-0.4, -0.2) is 29.8 Å². The van der Waals surface area contributed by atoms with Crippen molar-refractivity contribution in [2.45, 2.75) is 38.4 Å². The Balaban J connectivity index is 2.77. The molecule has 6 heteroatoms. The largest absolute Gasteiger partial charge is 0.396 e. The summed E-state index contributed by atoms with van der Waals surface area (Å²) in [5.41, 5.74) is 0.0722. The van der Waals surface area contributed by atoms with E-state index in [1.165, 1.54) is 24.3 Å². The van der Waals surface area contributed by atoms with Crippen molar-refractivity contribution in [1.82, 2.24) is 5.32 Å². The second-order valence-corrected chi connectivity index (χ2v) is 5.23. The van der Waals surface area contributed by atoms with Gasteiger partial charge in [0, 0.05) is 19.1 Å². The molecular weight excluding hydrogens is 283 g/mol. The van der Waals surface area contributed by atoms with E-state index in [1.807, 2.05) is 0 Å². The van der Waals surface area contributed by atoms with Gasteiger partial charge in [0.05, 0.1) is 5.92 Å². The third-order valence-electron chi connectivity index (χ3n) is 3.52. The lowest BCUT2D eigenvalue weighted by Crippen LogP contribution is -2.40. The zero-order valence-electron chi connectivity index (χ0n) is 12.0. The van der Waals surface area contributed by atoms with Gasteiger partial charge in [0.25, 0.3) is 0 Å². The molecule has 0 bridgehead atoms. The summed E-state index contributed by atoms with van der Waals surface area (Å²) in [5, 5.41) is 11.5. The summed E-state index contributed by atoms with van der Waals surface area (Å²) in [5.74, 6) is -2.71. The molecule has 0 heterocycles. The highest BCUT2D eigenvalue weighted by Crippen LogP contribution is 2.37. The van der Waals surface area contributed by atoms with Gasteiger partial charge in [-0.15, -0.1) is 0 Å². The lowest BCUT2D eigenvalue weighted by molar-refractivity contribution is -0.157. The maximum atomic E-state index is 13.1. The molecule has 0 saturated carbocycles. The van der Waals surface area contributed by atoms with Crippen molar-refractivity contribution in [2.24, 2.45) is 5.92 Å². The third-order valence-corrected chi connectivity index (χ3v) is 3.52. The zero-order chi connectivity index (χ0) is 16.0. The smallest absolute Gasteiger partial charge is 0.396 e. The van der Waals surface area contributed by atoms with E-state index >= 15 is 0 Å². The van der Waals surface area contributed by atoms with Crippen LogP contribution in [0.15, 0.2) is 30.3 Å². The van der Waals surface area contributed by atoms with E-state index in [2.05, 4.69) is 5.32 Å². The van der Waals surface area contributed by atoms with Crippen LogP contribution in [0, 0.1) is 5.92 Å². The molecule has 0 fully saturated rings. The summed E-state index contributed by atoms with van der Waals surface area (Å²) < 4.78 is 39.3. The van der Waals surface area contributed by atoms with Crippen LogP contribution in [0.25, 0.3) is 0 Å². The van der Waals surface area contributed by atoms with Crippen molar-refractivity contribution < 1.29 is 23.1 Å². The van der Waals surface area contributed by atoms with Gasteiger partial charge < -0.3 is 10.4 Å². The van der Waals surface area contributed by atoms with Crippen LogP contribution >= 0.6 is 0 Å². The van der Waals surface area contributed by atoms with Crippen LogP contribution in [0.4, 0.5) is 13.2 Å². The molecule has 0 aromatic heterocycles. The number of hydrogen-bond acceptors (Lipinski definition) is 2. The number of alkyl halides is 3. The van der Waals surface area contributed by atoms with Crippen molar-refractivity contribution in [1.29, 1.82) is 0 Å². The first-order valence-corrected chi connectivity index (χ1v) is 6.77. The lowest BCUT2D eigenvalue weighted by Gasteiger charge is -2.23. The van der Waals surface area contributed by atoms with E-state index < -0.39 is 24.4 Å². The molecule has 3 atom stereocenters. The topological polar surface area (TPSA) is 49.3 Å². The van der Waals surface area contributed by atoms with Gasteiger partial charge in [0.2, 0.25) is 5.91 Å². The van der Waals surface area contributed by atoms with Gasteiger partial charge in [-0.3, -0.25) is 4.79 Å². The Kier molecular flexibility index (Phi) is 6.20. The van der Waals surface area contributed by atoms with Crippen molar-refractivity contribution in [3.8, 4) is 0 Å². The molecule has 118 valence electrons. The van der Waals surface area contributed by atoms with E-state index in [0.29, 0.717) is 0 Å². The molecule has 0 saturated heterocycles. The molecule has 2 N–H and O–H groups in total. The molecule has 0 radical (unpaired) electrons. The third kappa shape index (κ3) is 5.38. The molecule has 0 spiro atoms. The van der Waals surface area contributed by atoms with Gasteiger partial charge in [-0.05, 0) is 18.4 Å². The second-order valence-electron chi connectivity index (χ2n) is 5.23. The predicted octanol–water partition coefficient (Wildman–Crippen LogP) is 2.86. The van der Waals surface area contributed by atoms with Gasteiger partial charge in [0.1, 0.15) is 0 Å². The lowest BCUT2D eigenvalue weighted by atomic mass is 9.94. The summed E-state index contributed by atoms with van der Waals surface area (Å²) in [6, 6.07) is 7.01. The highest BCUT2D eigenvalue weighted by molar-refractivity contribution is 5.77. The minimum Gasteiger partial charge on any atom is -0.396 e. The van der Waals surface area contributed by atoms with Gasteiger partial charge in [-0.25, -0.2) is 0 Å². The van der Waals surface area contributed by atoms with Gasteiger partial charge in [0.15, 0.2) is 0 Å². The van der Waals surface area contributed by atoms with Crippen LogP contribution in [0.3, 0.4) is 0 Å². The van der Waals surface area contributed by atoms with Crippen LogP contribution in [-0.2, 0) is 4.79 Å². The van der Waals surface area contributed by atoms with Gasteiger partial charge in [-0.1, -0.05) is 37.3 Å². The first kappa shape index (κ1) is 17.5. The minimum absolute atomic E-state index is 0.0722. The fourth-order valence-corrected chi connectivity index (χ4v) is 1.91. The fraction of sp³-hybridized carbons (Fsp3) is 0.533. The first-order chi connectivity index (χ1) is 9.75. The van der Waals surface area contributed by atoms with E-state index in [4.69, 9.17) is 5.11 Å². The van der Waals surface area contributed by atoms with E-state index in [0.717, 1.165) is 0 Å². The van der Waals surface area contributed by atoms with Crippen LogP contribution in [0.1, 0.15) is 31.7 Å². The summed E-state index contributed by atoms with van der Waals surface area (Å²) in [4.78, 5) is 11.8. The molecule has 1 aromatic rings. The number of amides is 1. The van der Waals surface area contributed by atoms with Crippen molar-refractivity contribution >= 4 is 5.91 Å². The molecule has 0 aliphatic carbocycles. The van der Waals surface area contributed by atoms with Crippen molar-refractivity contribution in [3.05, 3.63) is 35.9 Å². The Morgan fingerprint density at radius 2 is 1.81 bits per heavy atom. The van der Waals surface area contributed by atoms with Gasteiger partial charge in [-0.2, -0.15) is 13.2 Å². The second kappa shape index (κ2) is 7.45. The van der Waals surface area contributed by atoms with E-state index in [1.54, 1.807) is 19.9 Å². The van der Waals surface area contributed by atoms with Gasteiger partial charge >= 0.3 is 6.18 Å².